The van der Waals surface area contributed by atoms with E-state index < -0.39 is 0 Å². The van der Waals surface area contributed by atoms with Crippen LogP contribution in [-0.2, 0) is 4.79 Å². The van der Waals surface area contributed by atoms with Crippen LogP contribution in [0.15, 0.2) is 47.6 Å². The molecule has 0 bridgehead atoms. The van der Waals surface area contributed by atoms with Crippen LogP contribution in [0.1, 0.15) is 6.42 Å². The van der Waals surface area contributed by atoms with Crippen molar-refractivity contribution in [2.24, 2.45) is 4.99 Å². The number of hydrogen-bond donors (Lipinski definition) is 0. The van der Waals surface area contributed by atoms with E-state index in [1.807, 2.05) is 42.3 Å². The normalized spacial score (nSPS) is 19.0. The van der Waals surface area contributed by atoms with E-state index >= 15 is 0 Å². The van der Waals surface area contributed by atoms with Gasteiger partial charge in [0.25, 0.3) is 0 Å². The smallest absolute Gasteiger partial charge is 0.168 e. The van der Waals surface area contributed by atoms with Gasteiger partial charge < -0.3 is 9.69 Å². The molecule has 0 aliphatic carbocycles. The Kier molecular flexibility index (Phi) is 3.64. The van der Waals surface area contributed by atoms with Gasteiger partial charge in [-0.25, -0.2) is 4.99 Å². The Morgan fingerprint density at radius 3 is 2.82 bits per heavy atom. The van der Waals surface area contributed by atoms with Crippen molar-refractivity contribution in [3.8, 4) is 0 Å². The third-order valence-corrected chi connectivity index (χ3v) is 3.92. The zero-order valence-electron chi connectivity index (χ0n) is 9.67. The van der Waals surface area contributed by atoms with Crippen molar-refractivity contribution in [3.05, 3.63) is 42.6 Å². The second-order valence-corrected chi connectivity index (χ2v) is 4.96. The van der Waals surface area contributed by atoms with Crippen LogP contribution in [-0.4, -0.2) is 23.8 Å². The molecule has 0 saturated carbocycles. The van der Waals surface area contributed by atoms with Crippen LogP contribution in [0.2, 0.25) is 0 Å². The van der Waals surface area contributed by atoms with Gasteiger partial charge >= 0.3 is 0 Å². The molecule has 0 amide bonds. The van der Waals surface area contributed by atoms with E-state index in [0.29, 0.717) is 6.42 Å². The van der Waals surface area contributed by atoms with Gasteiger partial charge in [-0.1, -0.05) is 36.5 Å². The summed E-state index contributed by atoms with van der Waals surface area (Å²) in [5, 5.41) is 0.988. The number of carbonyl (C=O) groups excluding carboxylic acids is 1. The molecule has 4 heteroatoms. The standard InChI is InChI=1S/C13H14N2OS/c1-10-12(8-9-16)17-13(14-10)15(2)11-6-4-3-5-7-11/h3-7,9,12H,1,8H2,2H3. The van der Waals surface area contributed by atoms with E-state index in [9.17, 15) is 4.79 Å². The molecular formula is C13H14N2OS. The molecule has 0 spiro atoms. The molecule has 17 heavy (non-hydrogen) atoms. The van der Waals surface area contributed by atoms with E-state index in [2.05, 4.69) is 11.6 Å². The topological polar surface area (TPSA) is 32.7 Å². The lowest BCUT2D eigenvalue weighted by atomic mass is 10.3. The highest BCUT2D eigenvalue weighted by Gasteiger charge is 2.25. The van der Waals surface area contributed by atoms with E-state index in [0.717, 1.165) is 22.8 Å². The number of aliphatic imine (C=N–C) groups is 1. The van der Waals surface area contributed by atoms with Gasteiger partial charge in [0, 0.05) is 19.2 Å². The molecule has 1 unspecified atom stereocenters. The Bertz CT molecular complexity index is 456. The summed E-state index contributed by atoms with van der Waals surface area (Å²) in [7, 11) is 1.97. The quantitative estimate of drug-likeness (QED) is 0.769. The molecule has 3 nitrogen and oxygen atoms in total. The first-order valence-electron chi connectivity index (χ1n) is 5.39. The Balaban J connectivity index is 2.12. The molecule has 0 radical (unpaired) electrons. The highest BCUT2D eigenvalue weighted by molar-refractivity contribution is 8.15. The SMILES string of the molecule is C=C1N=C(N(C)c2ccccc2)SC1CC=O. The van der Waals surface area contributed by atoms with Gasteiger partial charge in [0.15, 0.2) is 5.17 Å². The van der Waals surface area contributed by atoms with Crippen molar-refractivity contribution in [3.63, 3.8) is 0 Å². The maximum atomic E-state index is 10.5. The van der Waals surface area contributed by atoms with E-state index in [1.165, 1.54) is 0 Å². The molecule has 1 aromatic rings. The molecule has 88 valence electrons. The van der Waals surface area contributed by atoms with Crippen LogP contribution in [0.5, 0.6) is 0 Å². The number of nitrogens with zero attached hydrogens (tertiary/aromatic N) is 2. The van der Waals surface area contributed by atoms with Crippen molar-refractivity contribution < 1.29 is 4.79 Å². The maximum absolute atomic E-state index is 10.5. The van der Waals surface area contributed by atoms with Gasteiger partial charge in [-0.3, -0.25) is 0 Å². The summed E-state index contributed by atoms with van der Waals surface area (Å²) < 4.78 is 0. The average molecular weight is 246 g/mol. The van der Waals surface area contributed by atoms with Gasteiger partial charge in [-0.15, -0.1) is 0 Å². The van der Waals surface area contributed by atoms with Crippen LogP contribution >= 0.6 is 11.8 Å². The molecule has 0 fully saturated rings. The summed E-state index contributed by atoms with van der Waals surface area (Å²) in [5.41, 5.74) is 1.86. The Morgan fingerprint density at radius 2 is 2.18 bits per heavy atom. The third-order valence-electron chi connectivity index (χ3n) is 2.60. The number of amidine groups is 1. The second kappa shape index (κ2) is 5.19. The fourth-order valence-corrected chi connectivity index (χ4v) is 2.66. The minimum absolute atomic E-state index is 0.0914. The van der Waals surface area contributed by atoms with Crippen LogP contribution in [0.3, 0.4) is 0 Å². The molecule has 1 atom stereocenters. The van der Waals surface area contributed by atoms with Gasteiger partial charge in [-0.05, 0) is 12.1 Å². The zero-order valence-corrected chi connectivity index (χ0v) is 10.5. The van der Waals surface area contributed by atoms with Crippen molar-refractivity contribution in [1.82, 2.24) is 0 Å². The van der Waals surface area contributed by atoms with Gasteiger partial charge in [0.1, 0.15) is 6.29 Å². The average Bonchev–Trinajstić information content (AvgIpc) is 2.72. The summed E-state index contributed by atoms with van der Waals surface area (Å²) in [6.07, 6.45) is 1.39. The monoisotopic (exact) mass is 246 g/mol. The maximum Gasteiger partial charge on any atom is 0.168 e. The molecular weight excluding hydrogens is 232 g/mol. The number of thioether (sulfide) groups is 1. The summed E-state index contributed by atoms with van der Waals surface area (Å²) in [6, 6.07) is 10.0. The Hall–Kier alpha value is -1.55. The van der Waals surface area contributed by atoms with Crippen LogP contribution in [0.25, 0.3) is 0 Å². The number of hydrogen-bond acceptors (Lipinski definition) is 4. The third kappa shape index (κ3) is 2.58. The highest BCUT2D eigenvalue weighted by Crippen LogP contribution is 2.33. The molecule has 0 saturated heterocycles. The number of carbonyl (C=O) groups is 1. The summed E-state index contributed by atoms with van der Waals surface area (Å²) in [4.78, 5) is 17.0. The van der Waals surface area contributed by atoms with Crippen LogP contribution in [0, 0.1) is 0 Å². The molecule has 1 aromatic carbocycles. The van der Waals surface area contributed by atoms with Gasteiger partial charge in [0.05, 0.1) is 10.9 Å². The molecule has 1 aliphatic rings. The van der Waals surface area contributed by atoms with E-state index in [1.54, 1.807) is 11.8 Å². The first kappa shape index (κ1) is 11.9. The number of rotatable bonds is 3. The summed E-state index contributed by atoms with van der Waals surface area (Å²) in [6.45, 7) is 3.89. The lowest BCUT2D eigenvalue weighted by Gasteiger charge is -2.18. The van der Waals surface area contributed by atoms with Crippen molar-refractivity contribution in [1.29, 1.82) is 0 Å². The fraction of sp³-hybridized carbons (Fsp3) is 0.231. The molecule has 0 aromatic heterocycles. The lowest BCUT2D eigenvalue weighted by Crippen LogP contribution is -2.22. The first-order chi connectivity index (χ1) is 8.22. The van der Waals surface area contributed by atoms with Gasteiger partial charge in [-0.2, -0.15) is 0 Å². The van der Waals surface area contributed by atoms with Gasteiger partial charge in [0.2, 0.25) is 0 Å². The molecule has 1 aliphatic heterocycles. The predicted octanol–water partition coefficient (Wildman–Crippen LogP) is 2.70. The lowest BCUT2D eigenvalue weighted by molar-refractivity contribution is -0.107. The highest BCUT2D eigenvalue weighted by atomic mass is 32.2. The second-order valence-electron chi connectivity index (χ2n) is 3.79. The number of anilines is 1. The molecule has 1 heterocycles. The summed E-state index contributed by atoms with van der Waals surface area (Å²) >= 11 is 1.59. The van der Waals surface area contributed by atoms with Crippen molar-refractivity contribution in [2.75, 3.05) is 11.9 Å². The number of para-hydroxylation sites is 1. The van der Waals surface area contributed by atoms with Crippen LogP contribution in [0.4, 0.5) is 5.69 Å². The molecule has 2 rings (SSSR count). The van der Waals surface area contributed by atoms with Crippen molar-refractivity contribution >= 4 is 28.9 Å². The largest absolute Gasteiger partial charge is 0.324 e. The minimum atomic E-state index is 0.0914. The van der Waals surface area contributed by atoms with Crippen LogP contribution < -0.4 is 4.90 Å². The predicted molar refractivity (Wildman–Crippen MR) is 73.5 cm³/mol. The summed E-state index contributed by atoms with van der Waals surface area (Å²) in [5.74, 6) is 0. The fourth-order valence-electron chi connectivity index (χ4n) is 1.60. The van der Waals surface area contributed by atoms with Crippen molar-refractivity contribution in [2.45, 2.75) is 11.7 Å². The van der Waals surface area contributed by atoms with E-state index in [-0.39, 0.29) is 5.25 Å². The zero-order chi connectivity index (χ0) is 12.3. The minimum Gasteiger partial charge on any atom is -0.324 e. The molecule has 0 N–H and O–H groups in total. The Labute approximate surface area is 105 Å². The first-order valence-corrected chi connectivity index (χ1v) is 6.27. The Morgan fingerprint density at radius 1 is 1.47 bits per heavy atom. The number of benzene rings is 1. The number of aldehydes is 1. The van der Waals surface area contributed by atoms with E-state index in [4.69, 9.17) is 0 Å².